The first kappa shape index (κ1) is 13.4. The minimum atomic E-state index is -0.304. The quantitative estimate of drug-likeness (QED) is 0.720. The van der Waals surface area contributed by atoms with Crippen molar-refractivity contribution >= 4 is 38.3 Å². The number of hydrogen-bond donors (Lipinski definition) is 2. The number of ether oxygens (including phenoxy) is 1. The average molecular weight is 303 g/mol. The van der Waals surface area contributed by atoms with E-state index in [-0.39, 0.29) is 5.91 Å². The molecule has 3 rings (SSSR count). The minimum absolute atomic E-state index is 0.304. The molecule has 2 heterocycles. The molecule has 0 bridgehead atoms. The average Bonchev–Trinajstić information content (AvgIpc) is 3.03. The molecule has 7 nitrogen and oxygen atoms in total. The van der Waals surface area contributed by atoms with Crippen LogP contribution in [0.15, 0.2) is 24.4 Å². The van der Waals surface area contributed by atoms with Crippen LogP contribution < -0.4 is 15.8 Å². The van der Waals surface area contributed by atoms with E-state index in [4.69, 9.17) is 10.5 Å². The normalized spacial score (nSPS) is 10.8. The first-order valence-corrected chi connectivity index (χ1v) is 6.93. The van der Waals surface area contributed by atoms with Gasteiger partial charge in [-0.2, -0.15) is 5.10 Å². The molecule has 0 aliphatic heterocycles. The summed E-state index contributed by atoms with van der Waals surface area (Å²) in [7, 11) is 3.31. The third kappa shape index (κ3) is 2.52. The Morgan fingerprint density at radius 1 is 1.48 bits per heavy atom. The van der Waals surface area contributed by atoms with Crippen LogP contribution in [0.3, 0.4) is 0 Å². The number of hydrogen-bond acceptors (Lipinski definition) is 6. The number of methoxy groups -OCH3 is 1. The number of benzene rings is 1. The van der Waals surface area contributed by atoms with Crippen molar-refractivity contribution in [3.05, 3.63) is 30.1 Å². The fraction of sp³-hybridized carbons (Fsp3) is 0.154. The number of fused-ring (bicyclic) bond motifs is 1. The molecule has 0 aliphatic carbocycles. The smallest absolute Gasteiger partial charge is 0.277 e. The van der Waals surface area contributed by atoms with Gasteiger partial charge in [0, 0.05) is 25.0 Å². The number of carbonyl (C=O) groups excluding carboxylic acids is 1. The summed E-state index contributed by atoms with van der Waals surface area (Å²) in [6, 6.07) is 5.14. The minimum Gasteiger partial charge on any atom is -0.494 e. The molecule has 0 atom stereocenters. The SMILES string of the molecule is COc1cc(N)cc2sc(NC(=O)c3ccn(C)n3)nc12. The van der Waals surface area contributed by atoms with Crippen LogP contribution >= 0.6 is 11.3 Å². The van der Waals surface area contributed by atoms with E-state index < -0.39 is 0 Å². The molecule has 8 heteroatoms. The van der Waals surface area contributed by atoms with Crippen molar-refractivity contribution in [2.45, 2.75) is 0 Å². The molecule has 0 radical (unpaired) electrons. The van der Waals surface area contributed by atoms with Gasteiger partial charge >= 0.3 is 0 Å². The Morgan fingerprint density at radius 3 is 2.95 bits per heavy atom. The van der Waals surface area contributed by atoms with Crippen LogP contribution in [0.4, 0.5) is 10.8 Å². The predicted octanol–water partition coefficient (Wildman–Crippen LogP) is 1.87. The summed E-state index contributed by atoms with van der Waals surface area (Å²) in [6.45, 7) is 0. The van der Waals surface area contributed by atoms with Gasteiger partial charge in [0.1, 0.15) is 11.3 Å². The van der Waals surface area contributed by atoms with E-state index in [0.29, 0.717) is 27.8 Å². The van der Waals surface area contributed by atoms with E-state index in [9.17, 15) is 4.79 Å². The molecule has 0 spiro atoms. The first-order chi connectivity index (χ1) is 10.1. The highest BCUT2D eigenvalue weighted by Gasteiger charge is 2.14. The lowest BCUT2D eigenvalue weighted by molar-refractivity contribution is 0.102. The van der Waals surface area contributed by atoms with E-state index in [0.717, 1.165) is 4.70 Å². The van der Waals surface area contributed by atoms with Gasteiger partial charge in [0.2, 0.25) is 0 Å². The Balaban J connectivity index is 1.93. The highest BCUT2D eigenvalue weighted by molar-refractivity contribution is 7.22. The number of amides is 1. The molecule has 0 fully saturated rings. The summed E-state index contributed by atoms with van der Waals surface area (Å²) in [4.78, 5) is 16.4. The van der Waals surface area contributed by atoms with Crippen molar-refractivity contribution < 1.29 is 9.53 Å². The maximum atomic E-state index is 12.0. The fourth-order valence-corrected chi connectivity index (χ4v) is 2.85. The van der Waals surface area contributed by atoms with Crippen molar-refractivity contribution in [2.24, 2.45) is 7.05 Å². The van der Waals surface area contributed by atoms with Crippen molar-refractivity contribution in [2.75, 3.05) is 18.2 Å². The number of nitrogens with one attached hydrogen (secondary N) is 1. The Kier molecular flexibility index (Phi) is 3.22. The lowest BCUT2D eigenvalue weighted by Crippen LogP contribution is -2.12. The number of nitrogens with two attached hydrogens (primary N) is 1. The van der Waals surface area contributed by atoms with Crippen LogP contribution in [-0.4, -0.2) is 27.8 Å². The summed E-state index contributed by atoms with van der Waals surface area (Å²) in [5.74, 6) is 0.279. The van der Waals surface area contributed by atoms with Gasteiger partial charge in [0.25, 0.3) is 5.91 Å². The van der Waals surface area contributed by atoms with Gasteiger partial charge in [-0.1, -0.05) is 11.3 Å². The zero-order valence-corrected chi connectivity index (χ0v) is 12.3. The predicted molar refractivity (Wildman–Crippen MR) is 81.7 cm³/mol. The molecule has 2 aromatic heterocycles. The van der Waals surface area contributed by atoms with Gasteiger partial charge in [-0.3, -0.25) is 14.8 Å². The zero-order chi connectivity index (χ0) is 15.0. The van der Waals surface area contributed by atoms with E-state index in [2.05, 4.69) is 15.4 Å². The molecule has 108 valence electrons. The van der Waals surface area contributed by atoms with Crippen molar-refractivity contribution in [1.82, 2.24) is 14.8 Å². The number of nitrogen functional groups attached to an aromatic ring is 1. The van der Waals surface area contributed by atoms with E-state index >= 15 is 0 Å². The summed E-state index contributed by atoms with van der Waals surface area (Å²) < 4.78 is 7.67. The second-order valence-corrected chi connectivity index (χ2v) is 5.45. The summed E-state index contributed by atoms with van der Waals surface area (Å²) in [6.07, 6.45) is 1.71. The lowest BCUT2D eigenvalue weighted by Gasteiger charge is -2.01. The molecule has 0 saturated heterocycles. The van der Waals surface area contributed by atoms with Gasteiger partial charge in [-0.15, -0.1) is 0 Å². The highest BCUT2D eigenvalue weighted by atomic mass is 32.1. The maximum absolute atomic E-state index is 12.0. The molecule has 3 N–H and O–H groups in total. The monoisotopic (exact) mass is 303 g/mol. The molecule has 0 unspecified atom stereocenters. The molecule has 3 aromatic rings. The molecule has 0 saturated carbocycles. The van der Waals surface area contributed by atoms with Crippen LogP contribution in [0, 0.1) is 0 Å². The number of nitrogens with zero attached hydrogens (tertiary/aromatic N) is 3. The maximum Gasteiger partial charge on any atom is 0.277 e. The first-order valence-electron chi connectivity index (χ1n) is 6.12. The third-order valence-electron chi connectivity index (χ3n) is 2.87. The molecular formula is C13H13N5O2S. The molecule has 21 heavy (non-hydrogen) atoms. The molecule has 1 aromatic carbocycles. The summed E-state index contributed by atoms with van der Waals surface area (Å²) >= 11 is 1.33. The number of thiazole rings is 1. The highest BCUT2D eigenvalue weighted by Crippen LogP contribution is 2.34. The van der Waals surface area contributed by atoms with Crippen molar-refractivity contribution in [1.29, 1.82) is 0 Å². The van der Waals surface area contributed by atoms with Gasteiger partial charge < -0.3 is 10.5 Å². The fourth-order valence-electron chi connectivity index (χ4n) is 1.93. The molecular weight excluding hydrogens is 290 g/mol. The second-order valence-electron chi connectivity index (χ2n) is 4.42. The Labute approximate surface area is 124 Å². The Bertz CT molecular complexity index is 823. The number of rotatable bonds is 3. The second kappa shape index (κ2) is 5.06. The largest absolute Gasteiger partial charge is 0.494 e. The number of anilines is 2. The van der Waals surface area contributed by atoms with E-state index in [1.54, 1.807) is 43.2 Å². The standard InChI is InChI=1S/C13H13N5O2S/c1-18-4-3-8(17-18)12(19)16-13-15-11-9(20-2)5-7(14)6-10(11)21-13/h3-6H,14H2,1-2H3,(H,15,16,19). The van der Waals surface area contributed by atoms with Crippen LogP contribution in [-0.2, 0) is 7.05 Å². The van der Waals surface area contributed by atoms with Crippen LogP contribution in [0.2, 0.25) is 0 Å². The van der Waals surface area contributed by atoms with Crippen molar-refractivity contribution in [3.63, 3.8) is 0 Å². The zero-order valence-electron chi connectivity index (χ0n) is 11.5. The van der Waals surface area contributed by atoms with E-state index in [1.165, 1.54) is 11.3 Å². The van der Waals surface area contributed by atoms with Gasteiger partial charge in [0.05, 0.1) is 11.8 Å². The third-order valence-corrected chi connectivity index (χ3v) is 3.79. The Morgan fingerprint density at radius 2 is 2.29 bits per heavy atom. The summed E-state index contributed by atoms with van der Waals surface area (Å²) in [5, 5.41) is 7.25. The topological polar surface area (TPSA) is 95.1 Å². The Hall–Kier alpha value is -2.61. The van der Waals surface area contributed by atoms with E-state index in [1.807, 2.05) is 0 Å². The lowest BCUT2D eigenvalue weighted by atomic mass is 10.3. The van der Waals surface area contributed by atoms with Crippen molar-refractivity contribution in [3.8, 4) is 5.75 Å². The van der Waals surface area contributed by atoms with Crippen LogP contribution in [0.25, 0.3) is 10.2 Å². The van der Waals surface area contributed by atoms with Crippen LogP contribution in [0.1, 0.15) is 10.5 Å². The van der Waals surface area contributed by atoms with Gasteiger partial charge in [-0.05, 0) is 12.1 Å². The van der Waals surface area contributed by atoms with Gasteiger partial charge in [-0.25, -0.2) is 4.98 Å². The summed E-state index contributed by atoms with van der Waals surface area (Å²) in [5.41, 5.74) is 7.40. The number of carbonyl (C=O) groups is 1. The number of aryl methyl sites for hydroxylation is 1. The molecule has 1 amide bonds. The van der Waals surface area contributed by atoms with Gasteiger partial charge in [0.15, 0.2) is 10.8 Å². The number of aromatic nitrogens is 3. The molecule has 0 aliphatic rings. The van der Waals surface area contributed by atoms with Crippen LogP contribution in [0.5, 0.6) is 5.75 Å².